The summed E-state index contributed by atoms with van der Waals surface area (Å²) in [6.45, 7) is 9.66. The Hall–Kier alpha value is -3.19. The van der Waals surface area contributed by atoms with Crippen LogP contribution in [-0.2, 0) is 19.0 Å². The van der Waals surface area contributed by atoms with Crippen LogP contribution in [0.3, 0.4) is 0 Å². The number of carbonyl (C=O) groups is 2. The van der Waals surface area contributed by atoms with E-state index in [0.717, 1.165) is 11.1 Å². The van der Waals surface area contributed by atoms with E-state index in [4.69, 9.17) is 19.2 Å². The van der Waals surface area contributed by atoms with Crippen molar-refractivity contribution in [2.24, 2.45) is 4.99 Å². The number of amides is 1. The van der Waals surface area contributed by atoms with Gasteiger partial charge < -0.3 is 14.2 Å². The Morgan fingerprint density at radius 2 is 1.53 bits per heavy atom. The lowest BCUT2D eigenvalue weighted by molar-refractivity contribution is -0.153. The number of aliphatic imine (C=N–C) groups is 1. The van der Waals surface area contributed by atoms with Crippen molar-refractivity contribution in [3.63, 3.8) is 0 Å². The topological polar surface area (TPSA) is 77.4 Å². The van der Waals surface area contributed by atoms with Gasteiger partial charge in [0.15, 0.2) is 0 Å². The molecule has 0 saturated carbocycles. The van der Waals surface area contributed by atoms with Crippen molar-refractivity contribution < 1.29 is 23.8 Å². The number of nitrogens with zero attached hydrogens (tertiary/aromatic N) is 2. The molecule has 0 aromatic heterocycles. The molecule has 1 fully saturated rings. The zero-order valence-electron chi connectivity index (χ0n) is 20.8. The fourth-order valence-corrected chi connectivity index (χ4v) is 4.29. The average Bonchev–Trinajstić information content (AvgIpc) is 3.06. The molecule has 0 spiro atoms. The maximum absolute atomic E-state index is 13.3. The maximum atomic E-state index is 13.3. The number of ether oxygens (including phenoxy) is 3. The molecule has 1 amide bonds. The van der Waals surface area contributed by atoms with Crippen molar-refractivity contribution in [1.82, 2.24) is 4.90 Å². The van der Waals surface area contributed by atoms with Crippen LogP contribution in [0.4, 0.5) is 4.79 Å². The van der Waals surface area contributed by atoms with Gasteiger partial charge >= 0.3 is 12.1 Å². The Morgan fingerprint density at radius 1 is 1.00 bits per heavy atom. The van der Waals surface area contributed by atoms with E-state index >= 15 is 0 Å². The largest absolute Gasteiger partial charge is 0.466 e. The van der Waals surface area contributed by atoms with Gasteiger partial charge in [-0.25, -0.2) is 9.59 Å². The highest BCUT2D eigenvalue weighted by molar-refractivity contribution is 6.13. The molecule has 2 atom stereocenters. The van der Waals surface area contributed by atoms with Gasteiger partial charge in [0.05, 0.1) is 31.0 Å². The third-order valence-corrected chi connectivity index (χ3v) is 5.92. The van der Waals surface area contributed by atoms with E-state index in [0.29, 0.717) is 18.7 Å². The zero-order chi connectivity index (χ0) is 24.9. The Balaban J connectivity index is 2.00. The van der Waals surface area contributed by atoms with Gasteiger partial charge in [-0.15, -0.1) is 0 Å². The highest BCUT2D eigenvalue weighted by atomic mass is 16.6. The summed E-state index contributed by atoms with van der Waals surface area (Å²) in [5.74, 6) is -0.653. The van der Waals surface area contributed by atoms with E-state index in [1.54, 1.807) is 13.8 Å². The van der Waals surface area contributed by atoms with Crippen molar-refractivity contribution in [3.8, 4) is 0 Å². The SMILES string of the molecule is CC[C@@H](N=C(c1ccccc1)c1ccccc1)[C@@H](OC(=O)N1C(C)(C)COC1(C)C)C(=O)OC. The summed E-state index contributed by atoms with van der Waals surface area (Å²) in [4.78, 5) is 32.6. The quantitative estimate of drug-likeness (QED) is 0.432. The van der Waals surface area contributed by atoms with E-state index in [1.165, 1.54) is 12.0 Å². The molecule has 2 aromatic rings. The molecule has 0 unspecified atom stereocenters. The highest BCUT2D eigenvalue weighted by Crippen LogP contribution is 2.35. The minimum atomic E-state index is -1.21. The molecule has 7 heteroatoms. The second-order valence-corrected chi connectivity index (χ2v) is 9.40. The molecule has 7 nitrogen and oxygen atoms in total. The van der Waals surface area contributed by atoms with Crippen LogP contribution in [0.25, 0.3) is 0 Å². The number of methoxy groups -OCH3 is 1. The molecular formula is C27H34N2O5. The van der Waals surface area contributed by atoms with Gasteiger partial charge in [0, 0.05) is 11.1 Å². The van der Waals surface area contributed by atoms with Crippen LogP contribution in [0.15, 0.2) is 65.7 Å². The monoisotopic (exact) mass is 466 g/mol. The van der Waals surface area contributed by atoms with Crippen molar-refractivity contribution >= 4 is 17.8 Å². The van der Waals surface area contributed by atoms with Crippen LogP contribution in [-0.4, -0.2) is 59.8 Å². The normalized spacial score (nSPS) is 18.0. The summed E-state index contributed by atoms with van der Waals surface area (Å²) in [5.41, 5.74) is 1.05. The Labute approximate surface area is 201 Å². The minimum absolute atomic E-state index is 0.361. The third-order valence-electron chi connectivity index (χ3n) is 5.92. The molecule has 34 heavy (non-hydrogen) atoms. The lowest BCUT2D eigenvalue weighted by atomic mass is 10.0. The molecule has 1 heterocycles. The zero-order valence-corrected chi connectivity index (χ0v) is 20.8. The second kappa shape index (κ2) is 10.4. The molecule has 3 rings (SSSR count). The highest BCUT2D eigenvalue weighted by Gasteiger charge is 2.51. The first kappa shape index (κ1) is 25.4. The van der Waals surface area contributed by atoms with E-state index in [1.807, 2.05) is 81.4 Å². The van der Waals surface area contributed by atoms with Crippen LogP contribution in [0.1, 0.15) is 52.2 Å². The smallest absolute Gasteiger partial charge is 0.413 e. The number of rotatable bonds is 7. The maximum Gasteiger partial charge on any atom is 0.413 e. The van der Waals surface area contributed by atoms with Crippen LogP contribution in [0.2, 0.25) is 0 Å². The van der Waals surface area contributed by atoms with Crippen LogP contribution < -0.4 is 0 Å². The van der Waals surface area contributed by atoms with Gasteiger partial charge in [-0.2, -0.15) is 0 Å². The molecular weight excluding hydrogens is 432 g/mol. The fraction of sp³-hybridized carbons (Fsp3) is 0.444. The first-order chi connectivity index (χ1) is 16.1. The molecule has 0 bridgehead atoms. The van der Waals surface area contributed by atoms with Gasteiger partial charge in [0.25, 0.3) is 0 Å². The van der Waals surface area contributed by atoms with Crippen molar-refractivity contribution in [2.75, 3.05) is 13.7 Å². The number of esters is 1. The Kier molecular flexibility index (Phi) is 7.77. The Bertz CT molecular complexity index is 960. The van der Waals surface area contributed by atoms with Crippen LogP contribution >= 0.6 is 0 Å². The first-order valence-corrected chi connectivity index (χ1v) is 11.5. The van der Waals surface area contributed by atoms with Gasteiger partial charge in [-0.3, -0.25) is 9.89 Å². The third kappa shape index (κ3) is 5.47. The second-order valence-electron chi connectivity index (χ2n) is 9.40. The lowest BCUT2D eigenvalue weighted by Crippen LogP contribution is -2.54. The van der Waals surface area contributed by atoms with Gasteiger partial charge in [-0.05, 0) is 34.1 Å². The van der Waals surface area contributed by atoms with Crippen molar-refractivity contribution in [1.29, 1.82) is 0 Å². The van der Waals surface area contributed by atoms with Crippen LogP contribution in [0.5, 0.6) is 0 Å². The molecule has 1 aliphatic heterocycles. The molecule has 1 aliphatic rings. The molecule has 0 radical (unpaired) electrons. The van der Waals surface area contributed by atoms with E-state index < -0.39 is 35.5 Å². The minimum Gasteiger partial charge on any atom is -0.466 e. The van der Waals surface area contributed by atoms with Gasteiger partial charge in [-0.1, -0.05) is 67.6 Å². The molecule has 0 aliphatic carbocycles. The number of benzene rings is 2. The Morgan fingerprint density at radius 3 is 1.94 bits per heavy atom. The average molecular weight is 467 g/mol. The summed E-state index contributed by atoms with van der Waals surface area (Å²) in [6.07, 6.45) is -1.39. The predicted molar refractivity (Wildman–Crippen MR) is 131 cm³/mol. The summed E-state index contributed by atoms with van der Waals surface area (Å²) in [6, 6.07) is 18.8. The molecule has 1 saturated heterocycles. The number of hydrogen-bond acceptors (Lipinski definition) is 6. The molecule has 182 valence electrons. The number of hydrogen-bond donors (Lipinski definition) is 0. The molecule has 0 N–H and O–H groups in total. The van der Waals surface area contributed by atoms with Crippen molar-refractivity contribution in [2.45, 2.75) is 64.4 Å². The predicted octanol–water partition coefficient (Wildman–Crippen LogP) is 4.83. The van der Waals surface area contributed by atoms with Crippen molar-refractivity contribution in [3.05, 3.63) is 71.8 Å². The van der Waals surface area contributed by atoms with E-state index in [-0.39, 0.29) is 0 Å². The van der Waals surface area contributed by atoms with Gasteiger partial charge in [0.2, 0.25) is 6.10 Å². The summed E-state index contributed by atoms with van der Waals surface area (Å²) >= 11 is 0. The first-order valence-electron chi connectivity index (χ1n) is 11.5. The lowest BCUT2D eigenvalue weighted by Gasteiger charge is -2.37. The number of carbonyl (C=O) groups excluding carboxylic acids is 2. The summed E-state index contributed by atoms with van der Waals surface area (Å²) < 4.78 is 16.6. The summed E-state index contributed by atoms with van der Waals surface area (Å²) in [7, 11) is 1.28. The van der Waals surface area contributed by atoms with E-state index in [2.05, 4.69) is 0 Å². The van der Waals surface area contributed by atoms with E-state index in [9.17, 15) is 9.59 Å². The van der Waals surface area contributed by atoms with Gasteiger partial charge in [0.1, 0.15) is 5.72 Å². The fourth-order valence-electron chi connectivity index (χ4n) is 4.29. The summed E-state index contributed by atoms with van der Waals surface area (Å²) in [5, 5.41) is 0. The van der Waals surface area contributed by atoms with Crippen LogP contribution in [0, 0.1) is 0 Å². The molecule has 2 aromatic carbocycles. The standard InChI is InChI=1S/C27H34N2O5/c1-7-21(28-22(19-14-10-8-11-15-19)20-16-12-9-13-17-20)23(24(30)32-6)34-25(31)29-26(2,3)18-33-27(29,4)5/h8-17,21,23H,7,18H2,1-6H3/t21-,23-/m1/s1.